The molecular weight excluding hydrogens is 260 g/mol. The third-order valence-electron chi connectivity index (χ3n) is 2.88. The van der Waals surface area contributed by atoms with Crippen molar-refractivity contribution in [1.82, 2.24) is 9.78 Å². The van der Waals surface area contributed by atoms with Gasteiger partial charge in [0.1, 0.15) is 5.69 Å². The van der Waals surface area contributed by atoms with Gasteiger partial charge in [0.05, 0.1) is 12.3 Å². The average molecular weight is 278 g/mol. The Morgan fingerprint density at radius 3 is 2.63 bits per heavy atom. The molecule has 102 valence electrons. The summed E-state index contributed by atoms with van der Waals surface area (Å²) in [5.74, 6) is -0.312. The number of carbonyl (C=O) groups is 1. The summed E-state index contributed by atoms with van der Waals surface area (Å²) in [6.07, 6.45) is 0. The Labute approximate surface area is 117 Å². The number of aryl methyl sites for hydroxylation is 3. The van der Waals surface area contributed by atoms with E-state index in [9.17, 15) is 4.79 Å². The number of nitrogens with zero attached hydrogens (tertiary/aromatic N) is 2. The molecule has 0 aromatic carbocycles. The standard InChI is InChI=1S/C14H18N2O2S/c1-5-16-13(14(17)18-6-2)8-12(15-16)11-7-9(3)19-10(11)4/h7-8H,5-6H2,1-4H3. The first-order valence-electron chi connectivity index (χ1n) is 6.39. The fourth-order valence-corrected chi connectivity index (χ4v) is 2.98. The van der Waals surface area contributed by atoms with Gasteiger partial charge in [0.2, 0.25) is 0 Å². The Bertz CT molecular complexity index is 599. The molecule has 2 heterocycles. The van der Waals surface area contributed by atoms with E-state index in [1.165, 1.54) is 9.75 Å². The number of ether oxygens (including phenoxy) is 1. The molecule has 0 saturated heterocycles. The van der Waals surface area contributed by atoms with Crippen molar-refractivity contribution in [2.24, 2.45) is 0 Å². The van der Waals surface area contributed by atoms with E-state index in [-0.39, 0.29) is 5.97 Å². The van der Waals surface area contributed by atoms with Crippen molar-refractivity contribution in [2.45, 2.75) is 34.2 Å². The van der Waals surface area contributed by atoms with Gasteiger partial charge in [-0.3, -0.25) is 4.68 Å². The van der Waals surface area contributed by atoms with E-state index in [2.05, 4.69) is 25.0 Å². The second-order valence-corrected chi connectivity index (χ2v) is 5.74. The fourth-order valence-electron chi connectivity index (χ4n) is 2.04. The lowest BCUT2D eigenvalue weighted by Crippen LogP contribution is -2.12. The Morgan fingerprint density at radius 2 is 2.11 bits per heavy atom. The second kappa shape index (κ2) is 5.57. The van der Waals surface area contributed by atoms with E-state index < -0.39 is 0 Å². The van der Waals surface area contributed by atoms with E-state index >= 15 is 0 Å². The third kappa shape index (κ3) is 2.71. The van der Waals surface area contributed by atoms with E-state index in [0.29, 0.717) is 18.8 Å². The van der Waals surface area contributed by atoms with Gasteiger partial charge in [0.25, 0.3) is 0 Å². The maximum Gasteiger partial charge on any atom is 0.356 e. The highest BCUT2D eigenvalue weighted by Gasteiger charge is 2.18. The van der Waals surface area contributed by atoms with Crippen LogP contribution in [0.4, 0.5) is 0 Å². The average Bonchev–Trinajstić information content (AvgIpc) is 2.92. The van der Waals surface area contributed by atoms with Gasteiger partial charge < -0.3 is 4.74 Å². The van der Waals surface area contributed by atoms with Gasteiger partial charge in [0.15, 0.2) is 0 Å². The van der Waals surface area contributed by atoms with E-state index in [1.807, 2.05) is 13.0 Å². The molecule has 0 aliphatic rings. The van der Waals surface area contributed by atoms with Gasteiger partial charge >= 0.3 is 5.97 Å². The Kier molecular flexibility index (Phi) is 4.04. The zero-order valence-electron chi connectivity index (χ0n) is 11.7. The van der Waals surface area contributed by atoms with Crippen LogP contribution in [-0.2, 0) is 11.3 Å². The predicted molar refractivity (Wildman–Crippen MR) is 76.6 cm³/mol. The molecule has 4 nitrogen and oxygen atoms in total. The Morgan fingerprint density at radius 1 is 1.37 bits per heavy atom. The molecule has 0 bridgehead atoms. The van der Waals surface area contributed by atoms with Gasteiger partial charge in [-0.15, -0.1) is 11.3 Å². The van der Waals surface area contributed by atoms with Crippen LogP contribution < -0.4 is 0 Å². The van der Waals surface area contributed by atoms with E-state index in [1.54, 1.807) is 22.9 Å². The molecule has 0 aliphatic heterocycles. The SMILES string of the molecule is CCOC(=O)c1cc(-c2cc(C)sc2C)nn1CC. The normalized spacial score (nSPS) is 10.7. The lowest BCUT2D eigenvalue weighted by atomic mass is 10.2. The monoisotopic (exact) mass is 278 g/mol. The van der Waals surface area contributed by atoms with Crippen LogP contribution in [0.3, 0.4) is 0 Å². The molecule has 0 unspecified atom stereocenters. The van der Waals surface area contributed by atoms with E-state index in [0.717, 1.165) is 11.3 Å². The van der Waals surface area contributed by atoms with Gasteiger partial charge in [-0.1, -0.05) is 0 Å². The lowest BCUT2D eigenvalue weighted by molar-refractivity contribution is 0.0512. The van der Waals surface area contributed by atoms with Crippen molar-refractivity contribution in [3.63, 3.8) is 0 Å². The molecule has 0 atom stereocenters. The molecule has 2 rings (SSSR count). The molecular formula is C14H18N2O2S. The highest BCUT2D eigenvalue weighted by Crippen LogP contribution is 2.30. The minimum absolute atomic E-state index is 0.312. The molecule has 0 aliphatic carbocycles. The molecule has 0 saturated carbocycles. The van der Waals surface area contributed by atoms with Crippen molar-refractivity contribution < 1.29 is 9.53 Å². The van der Waals surface area contributed by atoms with Crippen LogP contribution in [0.25, 0.3) is 11.3 Å². The maximum atomic E-state index is 11.9. The number of hydrogen-bond acceptors (Lipinski definition) is 4. The highest BCUT2D eigenvalue weighted by molar-refractivity contribution is 7.12. The van der Waals surface area contributed by atoms with Crippen LogP contribution >= 0.6 is 11.3 Å². The molecule has 0 N–H and O–H groups in total. The molecule has 0 fully saturated rings. The van der Waals surface area contributed by atoms with Crippen molar-refractivity contribution in [1.29, 1.82) is 0 Å². The summed E-state index contributed by atoms with van der Waals surface area (Å²) in [6.45, 7) is 8.94. The minimum Gasteiger partial charge on any atom is -0.461 e. The zero-order valence-corrected chi connectivity index (χ0v) is 12.5. The van der Waals surface area contributed by atoms with Gasteiger partial charge in [-0.25, -0.2) is 4.79 Å². The smallest absolute Gasteiger partial charge is 0.356 e. The van der Waals surface area contributed by atoms with Crippen LogP contribution in [0.1, 0.15) is 34.1 Å². The van der Waals surface area contributed by atoms with Gasteiger partial charge in [0, 0.05) is 21.9 Å². The number of carbonyl (C=O) groups excluding carboxylic acids is 1. The molecule has 2 aromatic rings. The third-order valence-corrected chi connectivity index (χ3v) is 3.85. The zero-order chi connectivity index (χ0) is 14.0. The van der Waals surface area contributed by atoms with Crippen LogP contribution in [0.15, 0.2) is 12.1 Å². The summed E-state index contributed by atoms with van der Waals surface area (Å²) < 4.78 is 6.75. The first-order valence-corrected chi connectivity index (χ1v) is 7.20. The van der Waals surface area contributed by atoms with Crippen molar-refractivity contribution in [3.8, 4) is 11.3 Å². The quantitative estimate of drug-likeness (QED) is 0.805. The summed E-state index contributed by atoms with van der Waals surface area (Å²) in [7, 11) is 0. The summed E-state index contributed by atoms with van der Waals surface area (Å²) in [5.41, 5.74) is 2.45. The van der Waals surface area contributed by atoms with E-state index in [4.69, 9.17) is 4.74 Å². The van der Waals surface area contributed by atoms with Crippen LogP contribution in [-0.4, -0.2) is 22.4 Å². The fraction of sp³-hybridized carbons (Fsp3) is 0.429. The summed E-state index contributed by atoms with van der Waals surface area (Å²) >= 11 is 1.74. The van der Waals surface area contributed by atoms with Gasteiger partial charge in [-0.2, -0.15) is 5.10 Å². The molecule has 0 radical (unpaired) electrons. The number of aromatic nitrogens is 2. The van der Waals surface area contributed by atoms with Crippen molar-refractivity contribution in [2.75, 3.05) is 6.61 Å². The Hall–Kier alpha value is -1.62. The molecule has 5 heteroatoms. The maximum absolute atomic E-state index is 11.9. The first kappa shape index (κ1) is 13.8. The first-order chi connectivity index (χ1) is 9.06. The topological polar surface area (TPSA) is 44.1 Å². The number of rotatable bonds is 4. The number of thiophene rings is 1. The lowest BCUT2D eigenvalue weighted by Gasteiger charge is -2.02. The Balaban J connectivity index is 2.44. The van der Waals surface area contributed by atoms with Crippen LogP contribution in [0, 0.1) is 13.8 Å². The highest BCUT2D eigenvalue weighted by atomic mass is 32.1. The largest absolute Gasteiger partial charge is 0.461 e. The minimum atomic E-state index is -0.312. The predicted octanol–water partition coefficient (Wildman–Crippen LogP) is 3.43. The molecule has 19 heavy (non-hydrogen) atoms. The molecule has 2 aromatic heterocycles. The van der Waals surface area contributed by atoms with Crippen molar-refractivity contribution in [3.05, 3.63) is 27.6 Å². The summed E-state index contributed by atoms with van der Waals surface area (Å²) in [5, 5.41) is 4.50. The van der Waals surface area contributed by atoms with Crippen LogP contribution in [0.2, 0.25) is 0 Å². The van der Waals surface area contributed by atoms with Gasteiger partial charge in [-0.05, 0) is 39.8 Å². The molecule has 0 spiro atoms. The van der Waals surface area contributed by atoms with Crippen molar-refractivity contribution >= 4 is 17.3 Å². The second-order valence-electron chi connectivity index (χ2n) is 4.28. The molecule has 0 amide bonds. The van der Waals surface area contributed by atoms with Crippen LogP contribution in [0.5, 0.6) is 0 Å². The summed E-state index contributed by atoms with van der Waals surface area (Å²) in [6, 6.07) is 3.92. The summed E-state index contributed by atoms with van der Waals surface area (Å²) in [4.78, 5) is 14.3. The number of hydrogen-bond donors (Lipinski definition) is 0. The number of esters is 1.